The lowest BCUT2D eigenvalue weighted by molar-refractivity contribution is -0.133. The molecule has 2 amide bonds. The van der Waals surface area contributed by atoms with Crippen molar-refractivity contribution < 1.29 is 14.3 Å². The van der Waals surface area contributed by atoms with E-state index in [1.54, 1.807) is 6.92 Å². The van der Waals surface area contributed by atoms with E-state index in [9.17, 15) is 9.59 Å². The van der Waals surface area contributed by atoms with Crippen LogP contribution in [-0.2, 0) is 14.3 Å². The van der Waals surface area contributed by atoms with Crippen molar-refractivity contribution in [3.8, 4) is 0 Å². The van der Waals surface area contributed by atoms with Gasteiger partial charge in [-0.2, -0.15) is 0 Å². The van der Waals surface area contributed by atoms with E-state index in [1.807, 2.05) is 0 Å². The lowest BCUT2D eigenvalue weighted by Gasteiger charge is -2.40. The van der Waals surface area contributed by atoms with Gasteiger partial charge < -0.3 is 15.4 Å². The molecule has 0 radical (unpaired) electrons. The van der Waals surface area contributed by atoms with E-state index >= 15 is 0 Å². The number of carbonyl (C=O) groups excluding carboxylic acids is 2. The Labute approximate surface area is 139 Å². The van der Waals surface area contributed by atoms with Crippen molar-refractivity contribution in [2.45, 2.75) is 71.9 Å². The molecule has 5 nitrogen and oxygen atoms in total. The van der Waals surface area contributed by atoms with E-state index in [-0.39, 0.29) is 29.3 Å². The minimum absolute atomic E-state index is 0.0208. The first-order chi connectivity index (χ1) is 10.8. The first-order valence-corrected chi connectivity index (χ1v) is 8.98. The molecule has 3 atom stereocenters. The predicted octanol–water partition coefficient (Wildman–Crippen LogP) is 2.25. The molecule has 2 fully saturated rings. The second kappa shape index (κ2) is 7.65. The molecule has 23 heavy (non-hydrogen) atoms. The van der Waals surface area contributed by atoms with Crippen LogP contribution in [0.4, 0.5) is 0 Å². The maximum Gasteiger partial charge on any atom is 0.242 e. The van der Waals surface area contributed by atoms with Crippen molar-refractivity contribution in [2.24, 2.45) is 17.3 Å². The topological polar surface area (TPSA) is 67.4 Å². The Balaban J connectivity index is 1.78. The Kier molecular flexibility index (Phi) is 6.06. The summed E-state index contributed by atoms with van der Waals surface area (Å²) in [5.41, 5.74) is 0.0693. The number of ether oxygens (including phenoxy) is 1. The van der Waals surface area contributed by atoms with Gasteiger partial charge in [0.1, 0.15) is 6.04 Å². The standard InChI is InChI=1S/C18H32N2O3/c1-12(20-17(22)13-7-5-8-13)16(21)19-11-14-9-6-10-23-15(14)18(2,3)4/h12-15H,5-11H2,1-4H3,(H,19,21)(H,20,22). The molecular formula is C18H32N2O3. The van der Waals surface area contributed by atoms with Gasteiger partial charge in [0.05, 0.1) is 6.10 Å². The molecule has 1 saturated heterocycles. The van der Waals surface area contributed by atoms with Gasteiger partial charge in [0.15, 0.2) is 0 Å². The highest BCUT2D eigenvalue weighted by atomic mass is 16.5. The molecule has 5 heteroatoms. The number of hydrogen-bond donors (Lipinski definition) is 2. The normalized spacial score (nSPS) is 27.0. The fourth-order valence-corrected chi connectivity index (χ4v) is 3.46. The highest BCUT2D eigenvalue weighted by molar-refractivity contribution is 5.88. The van der Waals surface area contributed by atoms with E-state index in [4.69, 9.17) is 4.74 Å². The van der Waals surface area contributed by atoms with Gasteiger partial charge in [-0.1, -0.05) is 27.2 Å². The summed E-state index contributed by atoms with van der Waals surface area (Å²) in [6, 6.07) is -0.472. The molecule has 1 aliphatic heterocycles. The maximum atomic E-state index is 12.2. The van der Waals surface area contributed by atoms with Crippen molar-refractivity contribution in [1.82, 2.24) is 10.6 Å². The monoisotopic (exact) mass is 324 g/mol. The molecule has 0 bridgehead atoms. The van der Waals surface area contributed by atoms with Crippen LogP contribution >= 0.6 is 0 Å². The first kappa shape index (κ1) is 18.2. The summed E-state index contributed by atoms with van der Waals surface area (Å²) in [6.45, 7) is 9.72. The summed E-state index contributed by atoms with van der Waals surface area (Å²) in [5, 5.41) is 5.83. The van der Waals surface area contributed by atoms with Crippen LogP contribution in [0.25, 0.3) is 0 Å². The number of carbonyl (C=O) groups is 2. The molecule has 2 rings (SSSR count). The van der Waals surface area contributed by atoms with Gasteiger partial charge >= 0.3 is 0 Å². The highest BCUT2D eigenvalue weighted by Crippen LogP contribution is 2.33. The molecule has 3 unspecified atom stereocenters. The van der Waals surface area contributed by atoms with Crippen molar-refractivity contribution in [2.75, 3.05) is 13.2 Å². The van der Waals surface area contributed by atoms with Crippen molar-refractivity contribution in [1.29, 1.82) is 0 Å². The van der Waals surface area contributed by atoms with Crippen LogP contribution in [-0.4, -0.2) is 37.1 Å². The Morgan fingerprint density at radius 3 is 2.43 bits per heavy atom. The molecule has 132 valence electrons. The minimum Gasteiger partial charge on any atom is -0.377 e. The third-order valence-electron chi connectivity index (χ3n) is 5.06. The molecule has 1 saturated carbocycles. The molecule has 0 aromatic rings. The third-order valence-corrected chi connectivity index (χ3v) is 5.06. The Morgan fingerprint density at radius 2 is 1.87 bits per heavy atom. The van der Waals surface area contributed by atoms with Crippen molar-refractivity contribution in [3.05, 3.63) is 0 Å². The van der Waals surface area contributed by atoms with Gasteiger partial charge in [0.25, 0.3) is 0 Å². The van der Waals surface area contributed by atoms with Gasteiger partial charge in [0.2, 0.25) is 11.8 Å². The van der Waals surface area contributed by atoms with E-state index in [0.29, 0.717) is 12.5 Å². The second-order valence-electron chi connectivity index (χ2n) is 8.16. The molecule has 2 aliphatic rings. The zero-order valence-electron chi connectivity index (χ0n) is 15.0. The molecular weight excluding hydrogens is 292 g/mol. The SMILES string of the molecule is CC(NC(=O)C1CCC1)C(=O)NCC1CCCOC1C(C)(C)C. The van der Waals surface area contributed by atoms with Crippen LogP contribution in [0.5, 0.6) is 0 Å². The largest absolute Gasteiger partial charge is 0.377 e. The van der Waals surface area contributed by atoms with E-state index < -0.39 is 6.04 Å². The summed E-state index contributed by atoms with van der Waals surface area (Å²) < 4.78 is 5.94. The zero-order chi connectivity index (χ0) is 17.0. The first-order valence-electron chi connectivity index (χ1n) is 8.98. The number of nitrogens with one attached hydrogen (secondary N) is 2. The fraction of sp³-hybridized carbons (Fsp3) is 0.889. The van der Waals surface area contributed by atoms with Crippen LogP contribution in [0.3, 0.4) is 0 Å². The molecule has 2 N–H and O–H groups in total. The third kappa shape index (κ3) is 4.93. The van der Waals surface area contributed by atoms with Crippen molar-refractivity contribution >= 4 is 11.8 Å². The van der Waals surface area contributed by atoms with Crippen molar-refractivity contribution in [3.63, 3.8) is 0 Å². The molecule has 0 aromatic carbocycles. The molecule has 0 spiro atoms. The van der Waals surface area contributed by atoms with Crippen LogP contribution < -0.4 is 10.6 Å². The maximum absolute atomic E-state index is 12.2. The number of hydrogen-bond acceptors (Lipinski definition) is 3. The Bertz CT molecular complexity index is 426. The van der Waals surface area contributed by atoms with Crippen LogP contribution in [0.1, 0.15) is 59.8 Å². The second-order valence-corrected chi connectivity index (χ2v) is 8.16. The van der Waals surface area contributed by atoms with E-state index in [0.717, 1.165) is 38.7 Å². The van der Waals surface area contributed by atoms with Gasteiger partial charge in [-0.25, -0.2) is 0 Å². The summed E-state index contributed by atoms with van der Waals surface area (Å²) >= 11 is 0. The lowest BCUT2D eigenvalue weighted by atomic mass is 9.78. The van der Waals surface area contributed by atoms with Gasteiger partial charge in [-0.15, -0.1) is 0 Å². The Morgan fingerprint density at radius 1 is 1.17 bits per heavy atom. The summed E-state index contributed by atoms with van der Waals surface area (Å²) in [7, 11) is 0. The zero-order valence-corrected chi connectivity index (χ0v) is 15.0. The molecule has 0 aromatic heterocycles. The van der Waals surface area contributed by atoms with Crippen LogP contribution in [0, 0.1) is 17.3 Å². The summed E-state index contributed by atoms with van der Waals surface area (Å²) in [4.78, 5) is 24.2. The Hall–Kier alpha value is -1.10. The van der Waals surface area contributed by atoms with Crippen LogP contribution in [0.15, 0.2) is 0 Å². The quantitative estimate of drug-likeness (QED) is 0.815. The molecule has 1 aliphatic carbocycles. The van der Waals surface area contributed by atoms with Gasteiger partial charge in [-0.3, -0.25) is 9.59 Å². The van der Waals surface area contributed by atoms with Crippen LogP contribution in [0.2, 0.25) is 0 Å². The average Bonchev–Trinajstić information content (AvgIpc) is 2.41. The lowest BCUT2D eigenvalue weighted by Crippen LogP contribution is -2.50. The minimum atomic E-state index is -0.472. The predicted molar refractivity (Wildman–Crippen MR) is 89.9 cm³/mol. The van der Waals surface area contributed by atoms with Gasteiger partial charge in [0, 0.05) is 25.0 Å². The van der Waals surface area contributed by atoms with E-state index in [2.05, 4.69) is 31.4 Å². The average molecular weight is 324 g/mol. The summed E-state index contributed by atoms with van der Waals surface area (Å²) in [6.07, 6.45) is 5.30. The summed E-state index contributed by atoms with van der Waals surface area (Å²) in [5.74, 6) is 0.368. The molecule has 1 heterocycles. The van der Waals surface area contributed by atoms with Gasteiger partial charge in [-0.05, 0) is 38.0 Å². The fourth-order valence-electron chi connectivity index (χ4n) is 3.46. The van der Waals surface area contributed by atoms with E-state index in [1.165, 1.54) is 0 Å². The smallest absolute Gasteiger partial charge is 0.242 e. The highest BCUT2D eigenvalue weighted by Gasteiger charge is 2.35. The number of amides is 2. The number of rotatable bonds is 5.